The molecule has 1 aromatic heterocycles. The van der Waals surface area contributed by atoms with Crippen LogP contribution in [0.2, 0.25) is 0 Å². The number of likely N-dealkylation sites (tertiary alicyclic amines) is 1. The zero-order valence-corrected chi connectivity index (χ0v) is 14.6. The third-order valence-corrected chi connectivity index (χ3v) is 5.44. The van der Waals surface area contributed by atoms with E-state index in [9.17, 15) is 4.79 Å². The number of nitrogens with one attached hydrogen (secondary N) is 1. The average Bonchev–Trinajstić information content (AvgIpc) is 3.13. The molecular weight excluding hydrogens is 308 g/mol. The Morgan fingerprint density at radius 3 is 3.00 bits per heavy atom. The average molecular weight is 332 g/mol. The Morgan fingerprint density at radius 2 is 2.26 bits per heavy atom. The van der Waals surface area contributed by atoms with E-state index in [1.165, 1.54) is 4.70 Å². The summed E-state index contributed by atoms with van der Waals surface area (Å²) in [6.07, 6.45) is 1.94. The topological polar surface area (TPSA) is 48.5 Å². The maximum Gasteiger partial charge on any atom is 0.234 e. The van der Waals surface area contributed by atoms with Crippen LogP contribution in [0.1, 0.15) is 11.4 Å². The van der Waals surface area contributed by atoms with Crippen LogP contribution in [0.4, 0.5) is 0 Å². The Morgan fingerprint density at radius 1 is 1.43 bits per heavy atom. The molecule has 2 aromatic rings. The number of carbonyl (C=O) groups excluding carboxylic acids is 1. The molecule has 3 rings (SSSR count). The molecule has 1 aliphatic heterocycles. The van der Waals surface area contributed by atoms with Gasteiger partial charge in [0.25, 0.3) is 0 Å². The van der Waals surface area contributed by atoms with Gasteiger partial charge in [0.1, 0.15) is 0 Å². The maximum absolute atomic E-state index is 12.1. The van der Waals surface area contributed by atoms with Gasteiger partial charge >= 0.3 is 0 Å². The van der Waals surface area contributed by atoms with E-state index in [-0.39, 0.29) is 5.91 Å². The van der Waals surface area contributed by atoms with Gasteiger partial charge in [-0.15, -0.1) is 11.3 Å². The minimum absolute atomic E-state index is 0.116. The molecule has 1 aliphatic rings. The number of rotatable bonds is 6. The molecule has 1 fully saturated rings. The highest BCUT2D eigenvalue weighted by Crippen LogP contribution is 2.21. The van der Waals surface area contributed by atoms with Crippen LogP contribution in [-0.4, -0.2) is 67.0 Å². The number of likely N-dealkylation sites (N-methyl/N-ethyl adjacent to an activating group) is 1. The van der Waals surface area contributed by atoms with Crippen LogP contribution in [0.5, 0.6) is 0 Å². The number of nitrogens with zero attached hydrogens (tertiary/aromatic N) is 3. The number of para-hydroxylation sites is 1. The molecule has 1 aromatic carbocycles. The lowest BCUT2D eigenvalue weighted by atomic mass is 10.2. The molecule has 0 saturated carbocycles. The monoisotopic (exact) mass is 332 g/mol. The van der Waals surface area contributed by atoms with Crippen molar-refractivity contribution in [2.75, 3.05) is 40.3 Å². The summed E-state index contributed by atoms with van der Waals surface area (Å²) in [4.78, 5) is 21.1. The van der Waals surface area contributed by atoms with Crippen molar-refractivity contribution in [2.45, 2.75) is 18.9 Å². The van der Waals surface area contributed by atoms with E-state index < -0.39 is 0 Å². The molecule has 0 unspecified atom stereocenters. The zero-order chi connectivity index (χ0) is 16.2. The summed E-state index contributed by atoms with van der Waals surface area (Å²) in [7, 11) is 4.21. The summed E-state index contributed by atoms with van der Waals surface area (Å²) >= 11 is 1.71. The van der Waals surface area contributed by atoms with Gasteiger partial charge in [0.05, 0.1) is 21.8 Å². The van der Waals surface area contributed by atoms with Crippen molar-refractivity contribution in [3.05, 3.63) is 29.3 Å². The molecule has 0 bridgehead atoms. The van der Waals surface area contributed by atoms with Gasteiger partial charge in [-0.25, -0.2) is 4.98 Å². The maximum atomic E-state index is 12.1. The Balaban J connectivity index is 1.41. The normalized spacial score (nSPS) is 18.8. The summed E-state index contributed by atoms with van der Waals surface area (Å²) in [5.41, 5.74) is 1.05. The number of hydrogen-bond acceptors (Lipinski definition) is 5. The number of hydrogen-bond donors (Lipinski definition) is 1. The fourth-order valence-electron chi connectivity index (χ4n) is 2.97. The molecule has 0 aliphatic carbocycles. The summed E-state index contributed by atoms with van der Waals surface area (Å²) in [6.45, 7) is 3.15. The SMILES string of the molecule is CN(C)[C@@H]1CCN(CC(=O)NCCc2nc3ccccc3s2)C1. The molecule has 0 radical (unpaired) electrons. The van der Waals surface area contributed by atoms with E-state index in [4.69, 9.17) is 0 Å². The van der Waals surface area contributed by atoms with E-state index in [1.54, 1.807) is 11.3 Å². The minimum atomic E-state index is 0.116. The molecule has 1 saturated heterocycles. The van der Waals surface area contributed by atoms with Crippen LogP contribution >= 0.6 is 11.3 Å². The van der Waals surface area contributed by atoms with Crippen molar-refractivity contribution < 1.29 is 4.79 Å². The van der Waals surface area contributed by atoms with Crippen molar-refractivity contribution in [3.8, 4) is 0 Å². The molecule has 2 heterocycles. The standard InChI is InChI=1S/C17H24N4OS/c1-20(2)13-8-10-21(11-13)12-16(22)18-9-7-17-19-14-5-3-4-6-15(14)23-17/h3-6,13H,7-12H2,1-2H3,(H,18,22)/t13-/m1/s1. The summed E-state index contributed by atoms with van der Waals surface area (Å²) in [5.74, 6) is 0.116. The predicted octanol–water partition coefficient (Wildman–Crippen LogP) is 1.59. The molecule has 5 nitrogen and oxygen atoms in total. The molecule has 23 heavy (non-hydrogen) atoms. The second kappa shape index (κ2) is 7.38. The highest BCUT2D eigenvalue weighted by Gasteiger charge is 2.25. The van der Waals surface area contributed by atoms with Crippen molar-refractivity contribution in [1.29, 1.82) is 0 Å². The predicted molar refractivity (Wildman–Crippen MR) is 94.9 cm³/mol. The van der Waals surface area contributed by atoms with Crippen molar-refractivity contribution in [1.82, 2.24) is 20.1 Å². The van der Waals surface area contributed by atoms with E-state index in [2.05, 4.69) is 40.3 Å². The molecule has 1 N–H and O–H groups in total. The minimum Gasteiger partial charge on any atom is -0.355 e. The van der Waals surface area contributed by atoms with Crippen LogP contribution in [0.15, 0.2) is 24.3 Å². The molecule has 124 valence electrons. The first kappa shape index (κ1) is 16.4. The van der Waals surface area contributed by atoms with E-state index >= 15 is 0 Å². The van der Waals surface area contributed by atoms with Gasteiger partial charge in [0, 0.05) is 32.1 Å². The molecular formula is C17H24N4OS. The first-order valence-electron chi connectivity index (χ1n) is 8.12. The second-order valence-corrected chi connectivity index (χ2v) is 7.43. The summed E-state index contributed by atoms with van der Waals surface area (Å²) in [6, 6.07) is 8.73. The van der Waals surface area contributed by atoms with Gasteiger partial charge in [0.15, 0.2) is 0 Å². The largest absolute Gasteiger partial charge is 0.355 e. The Labute approximate surface area is 141 Å². The molecule has 0 spiro atoms. The third-order valence-electron chi connectivity index (χ3n) is 4.34. The smallest absolute Gasteiger partial charge is 0.234 e. The van der Waals surface area contributed by atoms with Gasteiger partial charge in [-0.05, 0) is 32.6 Å². The highest BCUT2D eigenvalue weighted by atomic mass is 32.1. The highest BCUT2D eigenvalue weighted by molar-refractivity contribution is 7.18. The molecule has 1 atom stereocenters. The zero-order valence-electron chi connectivity index (χ0n) is 13.8. The number of fused-ring (bicyclic) bond motifs is 1. The molecule has 1 amide bonds. The number of amides is 1. The van der Waals surface area contributed by atoms with Crippen molar-refractivity contribution >= 4 is 27.5 Å². The summed E-state index contributed by atoms with van der Waals surface area (Å²) in [5, 5.41) is 4.10. The fourth-order valence-corrected chi connectivity index (χ4v) is 3.94. The number of thiazole rings is 1. The van der Waals surface area contributed by atoms with Crippen molar-refractivity contribution in [3.63, 3.8) is 0 Å². The van der Waals surface area contributed by atoms with Gasteiger partial charge in [-0.1, -0.05) is 12.1 Å². The number of aromatic nitrogens is 1. The third kappa shape index (κ3) is 4.28. The molecule has 6 heteroatoms. The second-order valence-electron chi connectivity index (χ2n) is 6.32. The summed E-state index contributed by atoms with van der Waals surface area (Å²) < 4.78 is 1.21. The first-order chi connectivity index (χ1) is 11.1. The van der Waals surface area contributed by atoms with Crippen LogP contribution in [0, 0.1) is 0 Å². The lowest BCUT2D eigenvalue weighted by Crippen LogP contribution is -2.38. The van der Waals surface area contributed by atoms with Crippen LogP contribution in [-0.2, 0) is 11.2 Å². The first-order valence-corrected chi connectivity index (χ1v) is 8.93. The fraction of sp³-hybridized carbons (Fsp3) is 0.529. The van der Waals surface area contributed by atoms with E-state index in [0.29, 0.717) is 19.1 Å². The van der Waals surface area contributed by atoms with Crippen LogP contribution in [0.3, 0.4) is 0 Å². The Kier molecular flexibility index (Phi) is 5.25. The van der Waals surface area contributed by atoms with Crippen LogP contribution in [0.25, 0.3) is 10.2 Å². The lowest BCUT2D eigenvalue weighted by molar-refractivity contribution is -0.122. The number of carbonyl (C=O) groups is 1. The Bertz CT molecular complexity index is 636. The van der Waals surface area contributed by atoms with E-state index in [0.717, 1.165) is 36.5 Å². The van der Waals surface area contributed by atoms with E-state index in [1.807, 2.05) is 18.2 Å². The number of benzene rings is 1. The van der Waals surface area contributed by atoms with Gasteiger partial charge in [-0.2, -0.15) is 0 Å². The van der Waals surface area contributed by atoms with Crippen molar-refractivity contribution in [2.24, 2.45) is 0 Å². The quantitative estimate of drug-likeness (QED) is 0.873. The van der Waals surface area contributed by atoms with Crippen LogP contribution < -0.4 is 5.32 Å². The lowest BCUT2D eigenvalue weighted by Gasteiger charge is -2.20. The van der Waals surface area contributed by atoms with Gasteiger partial charge < -0.3 is 10.2 Å². The van der Waals surface area contributed by atoms with Gasteiger partial charge in [0.2, 0.25) is 5.91 Å². The Hall–Kier alpha value is -1.50. The van der Waals surface area contributed by atoms with Gasteiger partial charge in [-0.3, -0.25) is 9.69 Å².